The molecule has 1 radical (unpaired) electrons. The Morgan fingerprint density at radius 1 is 1.33 bits per heavy atom. The molecule has 0 aliphatic carbocycles. The van der Waals surface area contributed by atoms with Gasteiger partial charge >= 0.3 is 6.09 Å². The summed E-state index contributed by atoms with van der Waals surface area (Å²) in [6.07, 6.45) is 3.72. The van der Waals surface area contributed by atoms with E-state index >= 15 is 0 Å². The summed E-state index contributed by atoms with van der Waals surface area (Å²) in [5.74, 6) is -0.269. The molecule has 7 nitrogen and oxygen atoms in total. The fraction of sp³-hybridized carbons (Fsp3) is 0.640. The number of β-lactam (4-membered cyclic amide) rings is 1. The zero-order valence-electron chi connectivity index (χ0n) is 20.9. The van der Waals surface area contributed by atoms with Crippen molar-refractivity contribution >= 4 is 26.8 Å². The number of carbonyl (C=O) groups is 3. The third kappa shape index (κ3) is 7.14. The van der Waals surface area contributed by atoms with Crippen LogP contribution in [0.1, 0.15) is 40.5 Å². The number of hydrogen-bond acceptors (Lipinski definition) is 5. The van der Waals surface area contributed by atoms with E-state index in [1.807, 2.05) is 6.08 Å². The monoisotopic (exact) mass is 475 g/mol. The van der Waals surface area contributed by atoms with Crippen LogP contribution in [-0.2, 0) is 18.8 Å². The number of amides is 2. The van der Waals surface area contributed by atoms with Crippen LogP contribution in [0.4, 0.5) is 4.79 Å². The van der Waals surface area contributed by atoms with Crippen molar-refractivity contribution in [2.24, 2.45) is 17.3 Å². The summed E-state index contributed by atoms with van der Waals surface area (Å²) in [5.41, 5.74) is 1.37. The van der Waals surface area contributed by atoms with Crippen LogP contribution in [0.25, 0.3) is 0 Å². The standard InChI is InChI=1S/C25H39N2O5Si/c1-9-10-31-24(30)27-14-16(2)11-18(27)12-17(3)21(28)13-20-22(23(29)26-20)19(25(4,5)6)15-32-33(7)8/h9,12,18-20,22H,1-2,10-11,13-15H2,3-8H3,(H,26,29)/t18-,19+,20+,22-/m0/s1. The van der Waals surface area contributed by atoms with Crippen molar-refractivity contribution in [2.75, 3.05) is 19.8 Å². The number of hydrogen-bond donors (Lipinski definition) is 1. The Labute approximate surface area is 200 Å². The van der Waals surface area contributed by atoms with Crippen LogP contribution in [-0.4, -0.2) is 63.6 Å². The molecule has 0 aromatic rings. The van der Waals surface area contributed by atoms with Crippen molar-refractivity contribution < 1.29 is 23.5 Å². The summed E-state index contributed by atoms with van der Waals surface area (Å²) in [6.45, 7) is 20.9. The van der Waals surface area contributed by atoms with Gasteiger partial charge in [-0.15, -0.1) is 0 Å². The average Bonchev–Trinajstić information content (AvgIpc) is 3.07. The Bertz CT molecular complexity index is 814. The predicted octanol–water partition coefficient (Wildman–Crippen LogP) is 3.89. The molecule has 8 heteroatoms. The SMILES string of the molecule is C=CCOC(=O)N1CC(=C)C[C@H]1C=C(C)C(=O)C[C@H]1NC(=O)[C@H]1[C@@H](CO[Si](C)C)C(C)(C)C. The predicted molar refractivity (Wildman–Crippen MR) is 131 cm³/mol. The van der Waals surface area contributed by atoms with Crippen molar-refractivity contribution in [3.8, 4) is 0 Å². The van der Waals surface area contributed by atoms with Crippen molar-refractivity contribution in [3.05, 3.63) is 36.5 Å². The van der Waals surface area contributed by atoms with Gasteiger partial charge in [0.2, 0.25) is 14.9 Å². The van der Waals surface area contributed by atoms with Crippen LogP contribution in [0, 0.1) is 17.3 Å². The second-order valence-corrected chi connectivity index (χ2v) is 12.4. The molecule has 0 aromatic carbocycles. The van der Waals surface area contributed by atoms with Gasteiger partial charge in [-0.05, 0) is 43.3 Å². The quantitative estimate of drug-likeness (QED) is 0.224. The van der Waals surface area contributed by atoms with Gasteiger partial charge in [0.25, 0.3) is 0 Å². The van der Waals surface area contributed by atoms with Crippen LogP contribution in [0.5, 0.6) is 0 Å². The second kappa shape index (κ2) is 11.3. The van der Waals surface area contributed by atoms with E-state index in [1.165, 1.54) is 6.08 Å². The summed E-state index contributed by atoms with van der Waals surface area (Å²) in [5, 5.41) is 2.93. The van der Waals surface area contributed by atoms with E-state index < -0.39 is 15.1 Å². The number of nitrogens with zero attached hydrogens (tertiary/aromatic N) is 1. The van der Waals surface area contributed by atoms with E-state index in [1.54, 1.807) is 11.8 Å². The van der Waals surface area contributed by atoms with Crippen molar-refractivity contribution in [1.82, 2.24) is 10.2 Å². The minimum Gasteiger partial charge on any atom is -0.445 e. The van der Waals surface area contributed by atoms with Gasteiger partial charge in [-0.25, -0.2) is 4.79 Å². The fourth-order valence-electron chi connectivity index (χ4n) is 4.38. The highest BCUT2D eigenvalue weighted by molar-refractivity contribution is 6.48. The Morgan fingerprint density at radius 2 is 2.00 bits per heavy atom. The first kappa shape index (κ1) is 27.1. The number of ketones is 1. The van der Waals surface area contributed by atoms with Gasteiger partial charge in [0, 0.05) is 25.6 Å². The summed E-state index contributed by atoms with van der Waals surface area (Å²) < 4.78 is 11.1. The molecule has 0 spiro atoms. The van der Waals surface area contributed by atoms with Crippen molar-refractivity contribution in [3.63, 3.8) is 0 Å². The van der Waals surface area contributed by atoms with Crippen molar-refractivity contribution in [1.29, 1.82) is 0 Å². The minimum atomic E-state index is -0.875. The smallest absolute Gasteiger partial charge is 0.410 e. The number of allylic oxidation sites excluding steroid dienone is 1. The fourth-order valence-corrected chi connectivity index (χ4v) is 4.89. The van der Waals surface area contributed by atoms with E-state index in [-0.39, 0.29) is 54.1 Å². The molecule has 0 saturated carbocycles. The van der Waals surface area contributed by atoms with Gasteiger partial charge in [-0.2, -0.15) is 0 Å². The third-order valence-electron chi connectivity index (χ3n) is 6.30. The van der Waals surface area contributed by atoms with E-state index in [2.05, 4.69) is 52.3 Å². The number of likely N-dealkylation sites (tertiary alicyclic amines) is 1. The third-order valence-corrected chi connectivity index (χ3v) is 7.04. The maximum absolute atomic E-state index is 13.0. The maximum atomic E-state index is 13.0. The van der Waals surface area contributed by atoms with Gasteiger partial charge in [-0.1, -0.05) is 51.7 Å². The van der Waals surface area contributed by atoms with Crippen LogP contribution in [0.15, 0.2) is 36.5 Å². The highest BCUT2D eigenvalue weighted by Gasteiger charge is 2.49. The lowest BCUT2D eigenvalue weighted by Gasteiger charge is -2.46. The van der Waals surface area contributed by atoms with Crippen molar-refractivity contribution in [2.45, 2.75) is 65.7 Å². The lowest BCUT2D eigenvalue weighted by atomic mass is 9.66. The number of carbonyl (C=O) groups excluding carboxylic acids is 3. The second-order valence-electron chi connectivity index (χ2n) is 10.3. The molecule has 2 aliphatic rings. The zero-order chi connectivity index (χ0) is 24.9. The molecule has 0 bridgehead atoms. The molecule has 2 heterocycles. The largest absolute Gasteiger partial charge is 0.445 e. The molecule has 2 fully saturated rings. The lowest BCUT2D eigenvalue weighted by Crippen LogP contribution is -2.63. The molecule has 0 aromatic heterocycles. The molecule has 2 aliphatic heterocycles. The van der Waals surface area contributed by atoms with Crippen LogP contribution in [0.2, 0.25) is 13.1 Å². The Kier molecular flexibility index (Phi) is 9.26. The summed E-state index contributed by atoms with van der Waals surface area (Å²) in [4.78, 5) is 39.5. The minimum absolute atomic E-state index is 0.0119. The first-order chi connectivity index (χ1) is 15.3. The number of rotatable bonds is 10. The van der Waals surface area contributed by atoms with E-state index in [9.17, 15) is 14.4 Å². The first-order valence-electron chi connectivity index (χ1n) is 11.5. The van der Waals surface area contributed by atoms with Gasteiger partial charge in [0.15, 0.2) is 5.78 Å². The zero-order valence-corrected chi connectivity index (χ0v) is 21.9. The van der Waals surface area contributed by atoms with Gasteiger partial charge in [0.05, 0.1) is 12.0 Å². The number of nitrogens with one attached hydrogen (secondary N) is 1. The highest BCUT2D eigenvalue weighted by Crippen LogP contribution is 2.39. The van der Waals surface area contributed by atoms with E-state index in [4.69, 9.17) is 9.16 Å². The maximum Gasteiger partial charge on any atom is 0.410 e. The summed E-state index contributed by atoms with van der Waals surface area (Å²) >= 11 is 0. The summed E-state index contributed by atoms with van der Waals surface area (Å²) in [7, 11) is -0.875. The molecule has 33 heavy (non-hydrogen) atoms. The Balaban J connectivity index is 2.08. The van der Waals surface area contributed by atoms with Gasteiger partial charge < -0.3 is 14.5 Å². The van der Waals surface area contributed by atoms with Gasteiger partial charge in [0.1, 0.15) is 6.61 Å². The van der Waals surface area contributed by atoms with Crippen LogP contribution >= 0.6 is 0 Å². The Hall–Kier alpha value is -2.19. The molecular weight excluding hydrogens is 436 g/mol. The first-order valence-corrected chi connectivity index (χ1v) is 13.9. The van der Waals surface area contributed by atoms with Gasteiger partial charge in [-0.3, -0.25) is 14.5 Å². The average molecular weight is 476 g/mol. The molecule has 0 unspecified atom stereocenters. The number of Topliss-reactive ketones (excluding diaryl/α,β-unsaturated/α-hetero) is 1. The van der Waals surface area contributed by atoms with E-state index in [0.29, 0.717) is 25.1 Å². The lowest BCUT2D eigenvalue weighted by molar-refractivity contribution is -0.143. The molecule has 2 rings (SSSR count). The topological polar surface area (TPSA) is 84.9 Å². The van der Waals surface area contributed by atoms with Crippen LogP contribution in [0.3, 0.4) is 0 Å². The Morgan fingerprint density at radius 3 is 2.55 bits per heavy atom. The van der Waals surface area contributed by atoms with Crippen LogP contribution < -0.4 is 5.32 Å². The van der Waals surface area contributed by atoms with E-state index in [0.717, 1.165) is 5.57 Å². The molecule has 2 amide bonds. The highest BCUT2D eigenvalue weighted by atomic mass is 28.3. The molecule has 2 saturated heterocycles. The summed E-state index contributed by atoms with van der Waals surface area (Å²) in [6, 6.07) is -0.478. The number of ether oxygens (including phenoxy) is 1. The normalized spacial score (nSPS) is 24.4. The molecule has 4 atom stereocenters. The molecule has 183 valence electrons. The molecular formula is C25H39N2O5Si. The molecule has 1 N–H and O–H groups in total.